The van der Waals surface area contributed by atoms with Crippen LogP contribution in [0.5, 0.6) is 0 Å². The van der Waals surface area contributed by atoms with Crippen molar-refractivity contribution in [3.8, 4) is 0 Å². The van der Waals surface area contributed by atoms with Crippen LogP contribution in [0.4, 0.5) is 0 Å². The second-order valence-corrected chi connectivity index (χ2v) is 9.81. The first-order valence-electron chi connectivity index (χ1n) is 9.87. The predicted octanol–water partition coefficient (Wildman–Crippen LogP) is 3.21. The molecule has 2 aliphatic heterocycles. The summed E-state index contributed by atoms with van der Waals surface area (Å²) in [6, 6.07) is 6.87. The first kappa shape index (κ1) is 18.5. The molecule has 2 aliphatic rings. The molecule has 1 N–H and O–H groups in total. The van der Waals surface area contributed by atoms with Crippen LogP contribution in [0.3, 0.4) is 0 Å². The molecule has 0 radical (unpaired) electrons. The SMILES string of the molecule is CC1CCN(S(=O)(=O)c2ccc3[nH]c(C(=O)N4CCCCC4)cc3c2)CC1. The summed E-state index contributed by atoms with van der Waals surface area (Å²) in [6.07, 6.45) is 5.07. The number of aromatic nitrogens is 1. The van der Waals surface area contributed by atoms with Crippen LogP contribution >= 0.6 is 0 Å². The number of H-pyrrole nitrogens is 1. The number of hydrogen-bond acceptors (Lipinski definition) is 3. The third kappa shape index (κ3) is 3.62. The number of rotatable bonds is 3. The van der Waals surface area contributed by atoms with Gasteiger partial charge in [-0.05, 0) is 62.3 Å². The van der Waals surface area contributed by atoms with Crippen LogP contribution in [0.1, 0.15) is 49.5 Å². The molecule has 146 valence electrons. The Morgan fingerprint density at radius 1 is 1.04 bits per heavy atom. The number of benzene rings is 1. The van der Waals surface area contributed by atoms with Gasteiger partial charge in [-0.1, -0.05) is 6.92 Å². The Kier molecular flexibility index (Phi) is 4.99. The minimum Gasteiger partial charge on any atom is -0.351 e. The molecule has 0 unspecified atom stereocenters. The maximum absolute atomic E-state index is 13.0. The summed E-state index contributed by atoms with van der Waals surface area (Å²) in [4.78, 5) is 18.0. The highest BCUT2D eigenvalue weighted by atomic mass is 32.2. The van der Waals surface area contributed by atoms with E-state index in [1.54, 1.807) is 28.6 Å². The topological polar surface area (TPSA) is 73.5 Å². The predicted molar refractivity (Wildman–Crippen MR) is 105 cm³/mol. The molecule has 0 bridgehead atoms. The fourth-order valence-corrected chi connectivity index (χ4v) is 5.53. The molecule has 6 nitrogen and oxygen atoms in total. The molecule has 7 heteroatoms. The fourth-order valence-electron chi connectivity index (χ4n) is 4.03. The Hall–Kier alpha value is -1.86. The summed E-state index contributed by atoms with van der Waals surface area (Å²) in [5, 5.41) is 0.766. The zero-order chi connectivity index (χ0) is 19.0. The number of amides is 1. The second-order valence-electron chi connectivity index (χ2n) is 7.87. The van der Waals surface area contributed by atoms with Crippen molar-refractivity contribution in [2.75, 3.05) is 26.2 Å². The Morgan fingerprint density at radius 3 is 2.44 bits per heavy atom. The molecule has 27 heavy (non-hydrogen) atoms. The van der Waals surface area contributed by atoms with Crippen LogP contribution < -0.4 is 0 Å². The number of carbonyl (C=O) groups excluding carboxylic acids is 1. The highest BCUT2D eigenvalue weighted by molar-refractivity contribution is 7.89. The van der Waals surface area contributed by atoms with Gasteiger partial charge >= 0.3 is 0 Å². The first-order valence-corrected chi connectivity index (χ1v) is 11.3. The van der Waals surface area contributed by atoms with E-state index in [0.717, 1.165) is 49.7 Å². The van der Waals surface area contributed by atoms with Crippen molar-refractivity contribution < 1.29 is 13.2 Å². The summed E-state index contributed by atoms with van der Waals surface area (Å²) >= 11 is 0. The molecule has 0 spiro atoms. The third-order valence-corrected chi connectivity index (χ3v) is 7.74. The number of sulfonamides is 1. The molecule has 1 aromatic carbocycles. The molecule has 0 saturated carbocycles. The molecule has 1 aromatic heterocycles. The van der Waals surface area contributed by atoms with E-state index in [2.05, 4.69) is 11.9 Å². The Labute approximate surface area is 160 Å². The highest BCUT2D eigenvalue weighted by Crippen LogP contribution is 2.27. The Bertz CT molecular complexity index is 937. The Balaban J connectivity index is 1.60. The number of nitrogens with zero attached hydrogens (tertiary/aromatic N) is 2. The minimum absolute atomic E-state index is 0.000301. The first-order chi connectivity index (χ1) is 12.9. The highest BCUT2D eigenvalue weighted by Gasteiger charge is 2.28. The standard InChI is InChI=1S/C20H27N3O3S/c1-15-7-11-23(12-8-15)27(25,26)17-5-6-18-16(13-17)14-19(21-18)20(24)22-9-3-2-4-10-22/h5-6,13-15,21H,2-4,7-12H2,1H3. The van der Waals surface area contributed by atoms with Gasteiger partial charge < -0.3 is 9.88 Å². The Morgan fingerprint density at radius 2 is 1.74 bits per heavy atom. The molecular formula is C20H27N3O3S. The third-order valence-electron chi connectivity index (χ3n) is 5.85. The minimum atomic E-state index is -3.48. The zero-order valence-corrected chi connectivity index (χ0v) is 16.6. The number of fused-ring (bicyclic) bond motifs is 1. The van der Waals surface area contributed by atoms with E-state index in [4.69, 9.17) is 0 Å². The van der Waals surface area contributed by atoms with Crippen molar-refractivity contribution in [1.29, 1.82) is 0 Å². The number of carbonyl (C=O) groups is 1. The normalized spacial score (nSPS) is 20.3. The fraction of sp³-hybridized carbons (Fsp3) is 0.550. The van der Waals surface area contributed by atoms with Gasteiger partial charge in [-0.2, -0.15) is 4.31 Å². The molecule has 3 heterocycles. The lowest BCUT2D eigenvalue weighted by Gasteiger charge is -2.29. The van der Waals surface area contributed by atoms with Gasteiger partial charge in [0.1, 0.15) is 5.69 Å². The lowest BCUT2D eigenvalue weighted by molar-refractivity contribution is 0.0719. The number of piperidine rings is 2. The van der Waals surface area contributed by atoms with Gasteiger partial charge in [-0.25, -0.2) is 8.42 Å². The van der Waals surface area contributed by atoms with Gasteiger partial charge in [0.15, 0.2) is 0 Å². The monoisotopic (exact) mass is 389 g/mol. The van der Waals surface area contributed by atoms with E-state index in [9.17, 15) is 13.2 Å². The molecular weight excluding hydrogens is 362 g/mol. The summed E-state index contributed by atoms with van der Waals surface area (Å²) in [5.41, 5.74) is 1.33. The zero-order valence-electron chi connectivity index (χ0n) is 15.8. The average molecular weight is 390 g/mol. The largest absolute Gasteiger partial charge is 0.351 e. The van der Waals surface area contributed by atoms with Gasteiger partial charge in [0, 0.05) is 37.1 Å². The molecule has 1 amide bonds. The molecule has 2 saturated heterocycles. The number of nitrogens with one attached hydrogen (secondary N) is 1. The summed E-state index contributed by atoms with van der Waals surface area (Å²) < 4.78 is 27.5. The van der Waals surface area contributed by atoms with Crippen molar-refractivity contribution in [2.45, 2.75) is 43.9 Å². The van der Waals surface area contributed by atoms with Crippen molar-refractivity contribution >= 4 is 26.8 Å². The molecule has 0 aliphatic carbocycles. The van der Waals surface area contributed by atoms with Gasteiger partial charge in [-0.3, -0.25) is 4.79 Å². The molecule has 4 rings (SSSR count). The van der Waals surface area contributed by atoms with E-state index in [1.165, 1.54) is 6.42 Å². The summed E-state index contributed by atoms with van der Waals surface area (Å²) in [6.45, 7) is 4.90. The van der Waals surface area contributed by atoms with Crippen LogP contribution in [0, 0.1) is 5.92 Å². The van der Waals surface area contributed by atoms with Crippen LogP contribution in [-0.2, 0) is 10.0 Å². The number of aromatic amines is 1. The summed E-state index contributed by atoms with van der Waals surface area (Å²) in [7, 11) is -3.48. The average Bonchev–Trinajstić information content (AvgIpc) is 3.12. The maximum atomic E-state index is 13.0. The van der Waals surface area contributed by atoms with Crippen molar-refractivity contribution in [3.63, 3.8) is 0 Å². The van der Waals surface area contributed by atoms with Gasteiger partial charge in [0.25, 0.3) is 5.91 Å². The molecule has 2 aromatic rings. The van der Waals surface area contributed by atoms with Crippen LogP contribution in [0.2, 0.25) is 0 Å². The van der Waals surface area contributed by atoms with E-state index in [-0.39, 0.29) is 5.91 Å². The van der Waals surface area contributed by atoms with Gasteiger partial charge in [0.05, 0.1) is 4.90 Å². The molecule has 0 atom stereocenters. The summed E-state index contributed by atoms with van der Waals surface area (Å²) in [5.74, 6) is 0.576. The van der Waals surface area contributed by atoms with E-state index >= 15 is 0 Å². The van der Waals surface area contributed by atoms with Crippen molar-refractivity contribution in [3.05, 3.63) is 30.0 Å². The van der Waals surface area contributed by atoms with E-state index in [0.29, 0.717) is 29.6 Å². The van der Waals surface area contributed by atoms with E-state index in [1.807, 2.05) is 4.90 Å². The van der Waals surface area contributed by atoms with Gasteiger partial charge in [0.2, 0.25) is 10.0 Å². The lowest BCUT2D eigenvalue weighted by atomic mass is 10.0. The van der Waals surface area contributed by atoms with Crippen LogP contribution in [0.25, 0.3) is 10.9 Å². The molecule has 2 fully saturated rings. The maximum Gasteiger partial charge on any atom is 0.270 e. The van der Waals surface area contributed by atoms with Crippen molar-refractivity contribution in [1.82, 2.24) is 14.2 Å². The van der Waals surface area contributed by atoms with Crippen molar-refractivity contribution in [2.24, 2.45) is 5.92 Å². The smallest absolute Gasteiger partial charge is 0.270 e. The van der Waals surface area contributed by atoms with Gasteiger partial charge in [-0.15, -0.1) is 0 Å². The number of likely N-dealkylation sites (tertiary alicyclic amines) is 1. The van der Waals surface area contributed by atoms with Crippen LogP contribution in [-0.4, -0.2) is 54.7 Å². The van der Waals surface area contributed by atoms with Crippen LogP contribution in [0.15, 0.2) is 29.2 Å². The quantitative estimate of drug-likeness (QED) is 0.876. The number of hydrogen-bond donors (Lipinski definition) is 1. The second kappa shape index (κ2) is 7.28. The van der Waals surface area contributed by atoms with E-state index < -0.39 is 10.0 Å². The lowest BCUT2D eigenvalue weighted by Crippen LogP contribution is -2.37.